The van der Waals surface area contributed by atoms with Crippen molar-refractivity contribution in [1.29, 1.82) is 0 Å². The van der Waals surface area contributed by atoms with Crippen LogP contribution in [0.5, 0.6) is 0 Å². The van der Waals surface area contributed by atoms with Crippen molar-refractivity contribution in [3.05, 3.63) is 24.3 Å². The summed E-state index contributed by atoms with van der Waals surface area (Å²) in [5, 5.41) is 2.67. The average Bonchev–Trinajstić information content (AvgIpc) is 2.51. The number of amides is 1. The summed E-state index contributed by atoms with van der Waals surface area (Å²) in [6, 6.07) is 5.99. The number of carbonyl (C=O) groups excluding carboxylic acids is 1. The molecular formula is C14H23N3O4S. The third-order valence-electron chi connectivity index (χ3n) is 3.00. The number of anilines is 1. The van der Waals surface area contributed by atoms with Crippen molar-refractivity contribution in [2.24, 2.45) is 5.73 Å². The zero-order valence-corrected chi connectivity index (χ0v) is 13.7. The zero-order valence-electron chi connectivity index (χ0n) is 12.8. The molecule has 0 bridgehead atoms. The number of ether oxygens (including phenoxy) is 1. The van der Waals surface area contributed by atoms with Crippen LogP contribution in [0.25, 0.3) is 0 Å². The quantitative estimate of drug-likeness (QED) is 0.617. The normalized spacial score (nSPS) is 12.9. The van der Waals surface area contributed by atoms with E-state index in [1.807, 2.05) is 6.92 Å². The van der Waals surface area contributed by atoms with Crippen LogP contribution >= 0.6 is 0 Å². The van der Waals surface area contributed by atoms with E-state index in [0.29, 0.717) is 12.2 Å². The third kappa shape index (κ3) is 5.72. The highest BCUT2D eigenvalue weighted by atomic mass is 32.2. The van der Waals surface area contributed by atoms with E-state index in [-0.39, 0.29) is 29.9 Å². The van der Waals surface area contributed by atoms with E-state index in [9.17, 15) is 13.2 Å². The maximum absolute atomic E-state index is 11.9. The Hall–Kier alpha value is -1.48. The number of sulfonamides is 1. The molecule has 0 spiro atoms. The summed E-state index contributed by atoms with van der Waals surface area (Å²) in [6.07, 6.45) is 0.526. The van der Waals surface area contributed by atoms with E-state index in [4.69, 9.17) is 10.5 Å². The van der Waals surface area contributed by atoms with Crippen molar-refractivity contribution in [3.8, 4) is 0 Å². The van der Waals surface area contributed by atoms with Gasteiger partial charge >= 0.3 is 0 Å². The van der Waals surface area contributed by atoms with Gasteiger partial charge in [0.05, 0.1) is 17.4 Å². The molecule has 0 aliphatic heterocycles. The van der Waals surface area contributed by atoms with Gasteiger partial charge in [-0.15, -0.1) is 0 Å². The fourth-order valence-corrected chi connectivity index (χ4v) is 2.85. The van der Waals surface area contributed by atoms with Gasteiger partial charge in [-0.05, 0) is 30.7 Å². The molecule has 0 aromatic heterocycles. The van der Waals surface area contributed by atoms with Gasteiger partial charge in [0, 0.05) is 25.9 Å². The smallest absolute Gasteiger partial charge is 0.240 e. The van der Waals surface area contributed by atoms with Crippen LogP contribution in [0.3, 0.4) is 0 Å². The second kappa shape index (κ2) is 8.84. The highest BCUT2D eigenvalue weighted by Gasteiger charge is 2.14. The summed E-state index contributed by atoms with van der Waals surface area (Å²) < 4.78 is 31.4. The van der Waals surface area contributed by atoms with Gasteiger partial charge in [0.15, 0.2) is 0 Å². The molecular weight excluding hydrogens is 306 g/mol. The number of nitrogens with two attached hydrogens (primary N) is 1. The van der Waals surface area contributed by atoms with Crippen LogP contribution in [0.2, 0.25) is 0 Å². The number of rotatable bonds is 9. The predicted molar refractivity (Wildman–Crippen MR) is 85.0 cm³/mol. The first-order chi connectivity index (χ1) is 10.4. The first-order valence-electron chi connectivity index (χ1n) is 7.05. The van der Waals surface area contributed by atoms with E-state index in [1.165, 1.54) is 19.2 Å². The zero-order chi connectivity index (χ0) is 16.6. The first-order valence-corrected chi connectivity index (χ1v) is 8.53. The minimum absolute atomic E-state index is 0.144. The highest BCUT2D eigenvalue weighted by Crippen LogP contribution is 2.14. The van der Waals surface area contributed by atoms with E-state index in [1.54, 1.807) is 12.1 Å². The predicted octanol–water partition coefficient (Wildman–Crippen LogP) is 0.677. The molecule has 0 heterocycles. The van der Waals surface area contributed by atoms with Gasteiger partial charge in [0.2, 0.25) is 15.9 Å². The van der Waals surface area contributed by atoms with Crippen LogP contribution in [0.15, 0.2) is 29.2 Å². The molecule has 0 saturated heterocycles. The number of hydrogen-bond acceptors (Lipinski definition) is 5. The molecule has 1 atom stereocenters. The van der Waals surface area contributed by atoms with Gasteiger partial charge in [-0.3, -0.25) is 4.79 Å². The maximum Gasteiger partial charge on any atom is 0.240 e. The summed E-state index contributed by atoms with van der Waals surface area (Å²) in [4.78, 5) is 11.9. The van der Waals surface area contributed by atoms with Gasteiger partial charge in [-0.2, -0.15) is 0 Å². The summed E-state index contributed by atoms with van der Waals surface area (Å²) in [6.45, 7) is 2.53. The molecule has 0 saturated carbocycles. The number of hydrogen-bond donors (Lipinski definition) is 3. The monoisotopic (exact) mass is 329 g/mol. The maximum atomic E-state index is 11.9. The van der Waals surface area contributed by atoms with E-state index in [2.05, 4.69) is 10.0 Å². The van der Waals surface area contributed by atoms with Crippen molar-refractivity contribution in [1.82, 2.24) is 4.72 Å². The lowest BCUT2D eigenvalue weighted by atomic mass is 10.2. The van der Waals surface area contributed by atoms with Crippen molar-refractivity contribution in [2.45, 2.75) is 30.8 Å². The van der Waals surface area contributed by atoms with Crippen molar-refractivity contribution in [2.75, 3.05) is 25.5 Å². The molecule has 0 fully saturated rings. The fraction of sp³-hybridized carbons (Fsp3) is 0.500. The Morgan fingerprint density at radius 3 is 2.45 bits per heavy atom. The van der Waals surface area contributed by atoms with Crippen molar-refractivity contribution in [3.63, 3.8) is 0 Å². The number of methoxy groups -OCH3 is 1. The lowest BCUT2D eigenvalue weighted by molar-refractivity contribution is -0.118. The standard InChI is InChI=1S/C14H23N3O4S/c1-3-8-16-22(19,20)13-6-4-11(5-7-13)17-14(18)9-12(10-15)21-2/h4-7,12,16H,3,8-10,15H2,1-2H3,(H,17,18). The van der Waals surface area contributed by atoms with Crippen LogP contribution in [0, 0.1) is 0 Å². The van der Waals surface area contributed by atoms with Gasteiger partial charge in [0.25, 0.3) is 0 Å². The molecule has 0 radical (unpaired) electrons. The molecule has 124 valence electrons. The molecule has 1 amide bonds. The Bertz CT molecular complexity index is 568. The van der Waals surface area contributed by atoms with Gasteiger partial charge < -0.3 is 15.8 Å². The molecule has 0 aliphatic carbocycles. The van der Waals surface area contributed by atoms with Crippen LogP contribution in [0.1, 0.15) is 19.8 Å². The first kappa shape index (κ1) is 18.6. The van der Waals surface area contributed by atoms with Crippen molar-refractivity contribution < 1.29 is 17.9 Å². The van der Waals surface area contributed by atoms with Gasteiger partial charge in [-0.1, -0.05) is 6.92 Å². The molecule has 4 N–H and O–H groups in total. The van der Waals surface area contributed by atoms with Gasteiger partial charge in [0.1, 0.15) is 0 Å². The largest absolute Gasteiger partial charge is 0.380 e. The number of benzene rings is 1. The molecule has 0 aliphatic rings. The van der Waals surface area contributed by atoms with E-state index < -0.39 is 10.0 Å². The second-order valence-electron chi connectivity index (χ2n) is 4.77. The summed E-state index contributed by atoms with van der Waals surface area (Å²) in [5.41, 5.74) is 5.97. The van der Waals surface area contributed by atoms with Crippen LogP contribution in [-0.2, 0) is 19.6 Å². The Morgan fingerprint density at radius 1 is 1.32 bits per heavy atom. The van der Waals surface area contributed by atoms with Gasteiger partial charge in [-0.25, -0.2) is 13.1 Å². The lowest BCUT2D eigenvalue weighted by Crippen LogP contribution is -2.28. The lowest BCUT2D eigenvalue weighted by Gasteiger charge is -2.13. The molecule has 7 nitrogen and oxygen atoms in total. The van der Waals surface area contributed by atoms with Crippen LogP contribution < -0.4 is 15.8 Å². The van der Waals surface area contributed by atoms with Crippen LogP contribution in [-0.4, -0.2) is 40.6 Å². The number of nitrogens with one attached hydrogen (secondary N) is 2. The minimum atomic E-state index is -3.49. The summed E-state index contributed by atoms with van der Waals surface area (Å²) in [7, 11) is -2.00. The Labute approximate surface area is 131 Å². The summed E-state index contributed by atoms with van der Waals surface area (Å²) >= 11 is 0. The average molecular weight is 329 g/mol. The third-order valence-corrected chi connectivity index (χ3v) is 4.48. The fourth-order valence-electron chi connectivity index (χ4n) is 1.72. The van der Waals surface area contributed by atoms with E-state index >= 15 is 0 Å². The van der Waals surface area contributed by atoms with Crippen LogP contribution in [0.4, 0.5) is 5.69 Å². The molecule has 1 unspecified atom stereocenters. The number of carbonyl (C=O) groups is 1. The molecule has 8 heteroatoms. The van der Waals surface area contributed by atoms with E-state index in [0.717, 1.165) is 6.42 Å². The molecule has 22 heavy (non-hydrogen) atoms. The Morgan fingerprint density at radius 2 is 1.95 bits per heavy atom. The Kier molecular flexibility index (Phi) is 7.46. The highest BCUT2D eigenvalue weighted by molar-refractivity contribution is 7.89. The molecule has 1 rings (SSSR count). The Balaban J connectivity index is 2.67. The van der Waals surface area contributed by atoms with Crippen molar-refractivity contribution >= 4 is 21.6 Å². The summed E-state index contributed by atoms with van der Waals surface area (Å²) in [5.74, 6) is -0.239. The SMILES string of the molecule is CCCNS(=O)(=O)c1ccc(NC(=O)CC(CN)OC)cc1. The minimum Gasteiger partial charge on any atom is -0.380 e. The molecule has 1 aromatic carbocycles. The second-order valence-corrected chi connectivity index (χ2v) is 6.53. The topological polar surface area (TPSA) is 111 Å². The molecule has 1 aromatic rings.